The van der Waals surface area contributed by atoms with Crippen molar-refractivity contribution >= 4 is 21.9 Å². The first kappa shape index (κ1) is 17.2. The molecule has 3 aromatic rings. The minimum absolute atomic E-state index is 0.0132. The van der Waals surface area contributed by atoms with Crippen molar-refractivity contribution < 1.29 is 18.3 Å². The lowest BCUT2D eigenvalue weighted by atomic mass is 10.2. The van der Waals surface area contributed by atoms with E-state index in [0.29, 0.717) is 28.1 Å². The SMILES string of the molecule is CCOc1cc(-c2nnc(N)o2)cc(Br)c1OCc1ccc(F)cc1. The van der Waals surface area contributed by atoms with Crippen LogP contribution >= 0.6 is 15.9 Å². The Bertz CT molecular complexity index is 868. The molecule has 1 heterocycles. The molecule has 0 amide bonds. The van der Waals surface area contributed by atoms with Crippen LogP contribution in [0.3, 0.4) is 0 Å². The van der Waals surface area contributed by atoms with Gasteiger partial charge >= 0.3 is 6.01 Å². The van der Waals surface area contributed by atoms with Gasteiger partial charge in [-0.3, -0.25) is 0 Å². The van der Waals surface area contributed by atoms with Crippen LogP contribution in [-0.2, 0) is 6.61 Å². The fourth-order valence-corrected chi connectivity index (χ4v) is 2.74. The standard InChI is InChI=1S/C17H15BrFN3O3/c1-2-23-14-8-11(16-21-22-17(20)25-16)7-13(18)15(14)24-9-10-3-5-12(19)6-4-10/h3-8H,2,9H2,1H3,(H2,20,22). The number of nitrogens with zero attached hydrogens (tertiary/aromatic N) is 2. The molecule has 1 aromatic heterocycles. The second-order valence-electron chi connectivity index (χ2n) is 5.08. The summed E-state index contributed by atoms with van der Waals surface area (Å²) in [6.45, 7) is 2.59. The van der Waals surface area contributed by atoms with Gasteiger partial charge in [0, 0.05) is 5.56 Å². The van der Waals surface area contributed by atoms with E-state index in [1.165, 1.54) is 12.1 Å². The number of hydrogen-bond acceptors (Lipinski definition) is 6. The molecule has 0 fully saturated rings. The summed E-state index contributed by atoms with van der Waals surface area (Å²) in [5, 5.41) is 7.51. The first-order valence-electron chi connectivity index (χ1n) is 7.49. The Balaban J connectivity index is 1.88. The van der Waals surface area contributed by atoms with Crippen molar-refractivity contribution in [3.8, 4) is 23.0 Å². The molecule has 0 saturated carbocycles. The Hall–Kier alpha value is -2.61. The van der Waals surface area contributed by atoms with E-state index in [1.54, 1.807) is 24.3 Å². The highest BCUT2D eigenvalue weighted by Gasteiger charge is 2.16. The summed E-state index contributed by atoms with van der Waals surface area (Å²) in [5.74, 6) is 1.04. The number of anilines is 1. The number of rotatable bonds is 6. The highest BCUT2D eigenvalue weighted by molar-refractivity contribution is 9.10. The zero-order valence-corrected chi connectivity index (χ0v) is 14.9. The van der Waals surface area contributed by atoms with Gasteiger partial charge < -0.3 is 19.6 Å². The minimum Gasteiger partial charge on any atom is -0.490 e. The van der Waals surface area contributed by atoms with Crippen molar-refractivity contribution in [2.45, 2.75) is 13.5 Å². The second kappa shape index (κ2) is 7.52. The first-order valence-corrected chi connectivity index (χ1v) is 8.29. The van der Waals surface area contributed by atoms with Crippen molar-refractivity contribution in [3.05, 3.63) is 52.3 Å². The summed E-state index contributed by atoms with van der Waals surface area (Å²) in [7, 11) is 0. The average Bonchev–Trinajstić information content (AvgIpc) is 3.02. The lowest BCUT2D eigenvalue weighted by Gasteiger charge is -2.14. The fourth-order valence-electron chi connectivity index (χ4n) is 2.18. The molecule has 0 saturated heterocycles. The molecule has 8 heteroatoms. The number of halogens is 2. The molecular formula is C17H15BrFN3O3. The topological polar surface area (TPSA) is 83.4 Å². The minimum atomic E-state index is -0.289. The number of nitrogen functional groups attached to an aromatic ring is 1. The van der Waals surface area contributed by atoms with Gasteiger partial charge in [0.05, 0.1) is 11.1 Å². The summed E-state index contributed by atoms with van der Waals surface area (Å²) in [4.78, 5) is 0. The van der Waals surface area contributed by atoms with Crippen molar-refractivity contribution in [3.63, 3.8) is 0 Å². The molecule has 130 valence electrons. The van der Waals surface area contributed by atoms with E-state index >= 15 is 0 Å². The molecule has 0 aliphatic carbocycles. The predicted molar refractivity (Wildman–Crippen MR) is 93.7 cm³/mol. The maximum absolute atomic E-state index is 13.0. The van der Waals surface area contributed by atoms with E-state index < -0.39 is 0 Å². The molecule has 0 radical (unpaired) electrons. The van der Waals surface area contributed by atoms with Gasteiger partial charge in [-0.25, -0.2) is 4.39 Å². The lowest BCUT2D eigenvalue weighted by Crippen LogP contribution is -2.01. The van der Waals surface area contributed by atoms with Crippen LogP contribution in [0.2, 0.25) is 0 Å². The van der Waals surface area contributed by atoms with Crippen LogP contribution in [0, 0.1) is 5.82 Å². The van der Waals surface area contributed by atoms with E-state index in [0.717, 1.165) is 5.56 Å². The van der Waals surface area contributed by atoms with Crippen LogP contribution in [0.4, 0.5) is 10.4 Å². The summed E-state index contributed by atoms with van der Waals surface area (Å²) in [5.41, 5.74) is 6.95. The Morgan fingerprint density at radius 3 is 2.56 bits per heavy atom. The molecule has 2 aromatic carbocycles. The van der Waals surface area contributed by atoms with Gasteiger partial charge in [0.25, 0.3) is 0 Å². The molecule has 2 N–H and O–H groups in total. The molecule has 0 spiro atoms. The summed E-state index contributed by atoms with van der Waals surface area (Å²) in [6.07, 6.45) is 0. The van der Waals surface area contributed by atoms with Crippen LogP contribution in [0.25, 0.3) is 11.5 Å². The predicted octanol–water partition coefficient (Wildman–Crippen LogP) is 4.20. The fraction of sp³-hybridized carbons (Fsp3) is 0.176. The van der Waals surface area contributed by atoms with Gasteiger partial charge in [-0.05, 0) is 52.7 Å². The maximum Gasteiger partial charge on any atom is 0.313 e. The number of nitrogens with two attached hydrogens (primary N) is 1. The van der Waals surface area contributed by atoms with E-state index in [9.17, 15) is 4.39 Å². The molecule has 3 rings (SSSR count). The average molecular weight is 408 g/mol. The van der Waals surface area contributed by atoms with Crippen LogP contribution in [0.15, 0.2) is 45.3 Å². The monoisotopic (exact) mass is 407 g/mol. The van der Waals surface area contributed by atoms with Crippen LogP contribution in [0.5, 0.6) is 11.5 Å². The molecule has 0 atom stereocenters. The zero-order valence-electron chi connectivity index (χ0n) is 13.3. The molecule has 25 heavy (non-hydrogen) atoms. The van der Waals surface area contributed by atoms with Crippen LogP contribution in [-0.4, -0.2) is 16.8 Å². The van der Waals surface area contributed by atoms with Gasteiger partial charge in [-0.2, -0.15) is 0 Å². The van der Waals surface area contributed by atoms with Crippen molar-refractivity contribution in [2.75, 3.05) is 12.3 Å². The van der Waals surface area contributed by atoms with Crippen LogP contribution in [0.1, 0.15) is 12.5 Å². The van der Waals surface area contributed by atoms with Crippen molar-refractivity contribution in [1.29, 1.82) is 0 Å². The third-order valence-electron chi connectivity index (χ3n) is 3.29. The third kappa shape index (κ3) is 4.08. The molecule has 0 bridgehead atoms. The van der Waals surface area contributed by atoms with Gasteiger partial charge in [0.1, 0.15) is 12.4 Å². The van der Waals surface area contributed by atoms with E-state index in [4.69, 9.17) is 19.6 Å². The molecule has 0 aliphatic rings. The van der Waals surface area contributed by atoms with Gasteiger partial charge in [-0.15, -0.1) is 5.10 Å². The van der Waals surface area contributed by atoms with Gasteiger partial charge in [0.15, 0.2) is 11.5 Å². The normalized spacial score (nSPS) is 10.7. The highest BCUT2D eigenvalue weighted by Crippen LogP contribution is 2.40. The Kier molecular flexibility index (Phi) is 5.18. The number of hydrogen-bond donors (Lipinski definition) is 1. The quantitative estimate of drug-likeness (QED) is 0.659. The van der Waals surface area contributed by atoms with Crippen molar-refractivity contribution in [1.82, 2.24) is 10.2 Å². The van der Waals surface area contributed by atoms with Gasteiger partial charge in [0.2, 0.25) is 5.89 Å². The third-order valence-corrected chi connectivity index (χ3v) is 3.88. The molecule has 0 unspecified atom stereocenters. The lowest BCUT2D eigenvalue weighted by molar-refractivity contribution is 0.267. The Morgan fingerprint density at radius 1 is 1.16 bits per heavy atom. The van der Waals surface area contributed by atoms with Gasteiger partial charge in [-0.1, -0.05) is 17.2 Å². The molecule has 6 nitrogen and oxygen atoms in total. The van der Waals surface area contributed by atoms with E-state index in [2.05, 4.69) is 26.1 Å². The zero-order chi connectivity index (χ0) is 17.8. The van der Waals surface area contributed by atoms with Crippen molar-refractivity contribution in [2.24, 2.45) is 0 Å². The first-order chi connectivity index (χ1) is 12.1. The Morgan fingerprint density at radius 2 is 1.92 bits per heavy atom. The summed E-state index contributed by atoms with van der Waals surface area (Å²) in [6, 6.07) is 9.61. The van der Waals surface area contributed by atoms with E-state index in [-0.39, 0.29) is 24.3 Å². The highest BCUT2D eigenvalue weighted by atomic mass is 79.9. The molecule has 0 aliphatic heterocycles. The Labute approximate surface area is 151 Å². The van der Waals surface area contributed by atoms with Crippen LogP contribution < -0.4 is 15.2 Å². The smallest absolute Gasteiger partial charge is 0.313 e. The van der Waals surface area contributed by atoms with E-state index in [1.807, 2.05) is 6.92 Å². The number of ether oxygens (including phenoxy) is 2. The molecular weight excluding hydrogens is 393 g/mol. The second-order valence-corrected chi connectivity index (χ2v) is 5.93. The number of aromatic nitrogens is 2. The summed E-state index contributed by atoms with van der Waals surface area (Å²) < 4.78 is 30.4. The maximum atomic E-state index is 13.0. The number of benzene rings is 2. The largest absolute Gasteiger partial charge is 0.490 e. The summed E-state index contributed by atoms with van der Waals surface area (Å²) >= 11 is 3.47.